The van der Waals surface area contributed by atoms with Crippen molar-refractivity contribution in [1.82, 2.24) is 4.90 Å². The van der Waals surface area contributed by atoms with Gasteiger partial charge >= 0.3 is 6.18 Å². The van der Waals surface area contributed by atoms with Crippen molar-refractivity contribution in [2.75, 3.05) is 18.0 Å². The highest BCUT2D eigenvalue weighted by molar-refractivity contribution is 7.81. The molecule has 2 fully saturated rings. The second-order valence-electron chi connectivity index (χ2n) is 11.3. The van der Waals surface area contributed by atoms with Gasteiger partial charge in [-0.3, -0.25) is 9.69 Å². The minimum atomic E-state index is -4.46. The number of benzene rings is 2. The summed E-state index contributed by atoms with van der Waals surface area (Å²) in [7, 11) is 0. The third kappa shape index (κ3) is 4.19. The summed E-state index contributed by atoms with van der Waals surface area (Å²) in [5.74, 6) is -0.199. The Morgan fingerprint density at radius 1 is 0.973 bits per heavy atom. The number of nitrogens with zero attached hydrogens (tertiary/aromatic N) is 2. The van der Waals surface area contributed by atoms with E-state index in [-0.39, 0.29) is 22.3 Å². The molecule has 1 heterocycles. The first kappa shape index (κ1) is 26.0. The summed E-state index contributed by atoms with van der Waals surface area (Å²) in [6, 6.07) is 13.6. The van der Waals surface area contributed by atoms with Crippen LogP contribution >= 0.6 is 12.2 Å². The zero-order chi connectivity index (χ0) is 26.6. The van der Waals surface area contributed by atoms with Crippen molar-refractivity contribution >= 4 is 28.8 Å². The molecule has 3 nitrogen and oxygen atoms in total. The van der Waals surface area contributed by atoms with Crippen LogP contribution < -0.4 is 4.90 Å². The largest absolute Gasteiger partial charge is 0.416 e. The second kappa shape index (κ2) is 9.26. The van der Waals surface area contributed by atoms with Crippen molar-refractivity contribution in [2.24, 2.45) is 16.7 Å². The number of allylic oxidation sites excluding steroid dienone is 1. The van der Waals surface area contributed by atoms with Crippen LogP contribution in [0.5, 0.6) is 0 Å². The summed E-state index contributed by atoms with van der Waals surface area (Å²) in [6.45, 7) is 8.94. The molecule has 3 aliphatic rings. The summed E-state index contributed by atoms with van der Waals surface area (Å²) in [5, 5.41) is 0. The molecule has 0 aromatic heterocycles. The van der Waals surface area contributed by atoms with Gasteiger partial charge in [-0.1, -0.05) is 51.2 Å². The molecule has 2 unspecified atom stereocenters. The van der Waals surface area contributed by atoms with Gasteiger partial charge in [0.25, 0.3) is 5.91 Å². The molecule has 0 radical (unpaired) electrons. The lowest BCUT2D eigenvalue weighted by Crippen LogP contribution is -2.42. The normalized spacial score (nSPS) is 24.9. The van der Waals surface area contributed by atoms with E-state index in [1.54, 1.807) is 0 Å². The molecule has 1 amide bonds. The molecule has 5 rings (SSSR count). The van der Waals surface area contributed by atoms with Crippen LogP contribution in [-0.4, -0.2) is 28.9 Å². The number of halogens is 3. The Labute approximate surface area is 222 Å². The highest BCUT2D eigenvalue weighted by Gasteiger charge is 2.63. The smallest absolute Gasteiger partial charge is 0.374 e. The second-order valence-corrected chi connectivity index (χ2v) is 11.7. The molecule has 0 N–H and O–H groups in total. The number of rotatable bonds is 4. The summed E-state index contributed by atoms with van der Waals surface area (Å²) in [6.07, 6.45) is 1.12. The minimum Gasteiger partial charge on any atom is -0.374 e. The Morgan fingerprint density at radius 2 is 1.59 bits per heavy atom. The third-order valence-corrected chi connectivity index (χ3v) is 9.54. The first-order chi connectivity index (χ1) is 17.5. The SMILES string of the molecule is CC12CCC(C(C(=S)N(C(=O)c3ccc(C(F)(F)F)cc3)c3ccccc3)=C1N1CCCCC1)C2(C)C. The van der Waals surface area contributed by atoms with Crippen LogP contribution in [0.4, 0.5) is 18.9 Å². The van der Waals surface area contributed by atoms with Crippen LogP contribution in [-0.2, 0) is 6.18 Å². The molecule has 1 saturated heterocycles. The van der Waals surface area contributed by atoms with Gasteiger partial charge < -0.3 is 4.90 Å². The predicted molar refractivity (Wildman–Crippen MR) is 144 cm³/mol. The van der Waals surface area contributed by atoms with Gasteiger partial charge in [-0.25, -0.2) is 0 Å². The lowest BCUT2D eigenvalue weighted by atomic mass is 9.69. The minimum absolute atomic E-state index is 0.0149. The van der Waals surface area contributed by atoms with E-state index in [0.29, 0.717) is 10.7 Å². The number of anilines is 1. The monoisotopic (exact) mass is 526 g/mol. The molecule has 0 spiro atoms. The van der Waals surface area contributed by atoms with E-state index in [2.05, 4.69) is 25.7 Å². The zero-order valence-electron chi connectivity index (χ0n) is 21.6. The molecule has 1 saturated carbocycles. The molecule has 2 aliphatic carbocycles. The van der Waals surface area contributed by atoms with E-state index in [4.69, 9.17) is 12.2 Å². The number of thiocarbonyl (C=S) groups is 1. The third-order valence-electron chi connectivity index (χ3n) is 9.13. The van der Waals surface area contributed by atoms with Gasteiger partial charge in [-0.05, 0) is 79.8 Å². The number of likely N-dealkylation sites (tertiary alicyclic amines) is 1. The lowest BCUT2D eigenvalue weighted by molar-refractivity contribution is -0.137. The van der Waals surface area contributed by atoms with Crippen molar-refractivity contribution in [2.45, 2.75) is 59.1 Å². The van der Waals surface area contributed by atoms with E-state index in [9.17, 15) is 18.0 Å². The number of hydrogen-bond donors (Lipinski definition) is 0. The highest BCUT2D eigenvalue weighted by atomic mass is 32.1. The number of fused-ring (bicyclic) bond motifs is 2. The Kier molecular flexibility index (Phi) is 6.50. The van der Waals surface area contributed by atoms with E-state index in [1.807, 2.05) is 30.3 Å². The Morgan fingerprint density at radius 3 is 2.19 bits per heavy atom. The fourth-order valence-electron chi connectivity index (χ4n) is 6.73. The molecule has 2 atom stereocenters. The summed E-state index contributed by atoms with van der Waals surface area (Å²) >= 11 is 6.18. The van der Waals surface area contributed by atoms with Gasteiger partial charge in [-0.2, -0.15) is 13.2 Å². The van der Waals surface area contributed by atoms with E-state index < -0.39 is 17.6 Å². The van der Waals surface area contributed by atoms with Crippen LogP contribution in [0.15, 0.2) is 65.9 Å². The van der Waals surface area contributed by atoms with Crippen molar-refractivity contribution in [3.63, 3.8) is 0 Å². The standard InChI is InChI=1S/C30H33F3N2OS/c1-28(2)23-16-17-29(28,3)25(34-18-8-5-9-19-34)24(23)27(37)35(22-10-6-4-7-11-22)26(36)20-12-14-21(15-13-20)30(31,32)33/h4,6-7,10-15,23H,5,8-9,16-19H2,1-3H3. The molecule has 1 aliphatic heterocycles. The first-order valence-corrected chi connectivity index (χ1v) is 13.5. The van der Waals surface area contributed by atoms with Crippen LogP contribution in [0.3, 0.4) is 0 Å². The molecule has 2 aromatic rings. The van der Waals surface area contributed by atoms with Crippen molar-refractivity contribution < 1.29 is 18.0 Å². The van der Waals surface area contributed by atoms with Crippen LogP contribution in [0.2, 0.25) is 0 Å². The fraction of sp³-hybridized carbons (Fsp3) is 0.467. The topological polar surface area (TPSA) is 23.6 Å². The van der Waals surface area contributed by atoms with Gasteiger partial charge in [0.05, 0.1) is 11.3 Å². The van der Waals surface area contributed by atoms with Crippen molar-refractivity contribution in [3.8, 4) is 0 Å². The van der Waals surface area contributed by atoms with Gasteiger partial charge in [-0.15, -0.1) is 0 Å². The molecule has 2 bridgehead atoms. The molecule has 196 valence electrons. The van der Waals surface area contributed by atoms with E-state index in [1.165, 1.54) is 29.2 Å². The molecule has 2 aromatic carbocycles. The number of carbonyl (C=O) groups excluding carboxylic acids is 1. The zero-order valence-corrected chi connectivity index (χ0v) is 22.4. The van der Waals surface area contributed by atoms with Crippen LogP contribution in [0, 0.1) is 16.7 Å². The number of carbonyl (C=O) groups is 1. The maximum absolute atomic E-state index is 14.0. The van der Waals surface area contributed by atoms with Crippen LogP contribution in [0.25, 0.3) is 0 Å². The number of alkyl halides is 3. The lowest BCUT2D eigenvalue weighted by Gasteiger charge is -2.43. The maximum Gasteiger partial charge on any atom is 0.416 e. The molecular weight excluding hydrogens is 493 g/mol. The van der Waals surface area contributed by atoms with Gasteiger partial charge in [0.2, 0.25) is 0 Å². The van der Waals surface area contributed by atoms with Crippen LogP contribution in [0.1, 0.15) is 68.8 Å². The predicted octanol–water partition coefficient (Wildman–Crippen LogP) is 7.88. The van der Waals surface area contributed by atoms with Gasteiger partial charge in [0.1, 0.15) is 4.99 Å². The first-order valence-electron chi connectivity index (χ1n) is 13.1. The van der Waals surface area contributed by atoms with E-state index in [0.717, 1.165) is 56.5 Å². The van der Waals surface area contributed by atoms with Gasteiger partial charge in [0.15, 0.2) is 0 Å². The molecule has 7 heteroatoms. The van der Waals surface area contributed by atoms with E-state index >= 15 is 0 Å². The Hall–Kier alpha value is -2.67. The summed E-state index contributed by atoms with van der Waals surface area (Å²) < 4.78 is 39.5. The quantitative estimate of drug-likeness (QED) is 0.379. The number of para-hydroxylation sites is 1. The fourth-order valence-corrected chi connectivity index (χ4v) is 7.16. The van der Waals surface area contributed by atoms with Crippen molar-refractivity contribution in [3.05, 3.63) is 77.0 Å². The number of hydrogen-bond acceptors (Lipinski definition) is 3. The number of piperidine rings is 1. The molecule has 37 heavy (non-hydrogen) atoms. The Bertz CT molecular complexity index is 1230. The van der Waals surface area contributed by atoms with Gasteiger partial charge in [0, 0.05) is 35.3 Å². The summed E-state index contributed by atoms with van der Waals surface area (Å²) in [5.41, 5.74) is 2.30. The maximum atomic E-state index is 14.0. The van der Waals surface area contributed by atoms with Crippen molar-refractivity contribution in [1.29, 1.82) is 0 Å². The Balaban J connectivity index is 1.61. The highest BCUT2D eigenvalue weighted by Crippen LogP contribution is 2.68. The number of amides is 1. The summed E-state index contributed by atoms with van der Waals surface area (Å²) in [4.78, 5) is 18.5. The average Bonchev–Trinajstić information content (AvgIpc) is 3.21. The average molecular weight is 527 g/mol. The molecular formula is C30H33F3N2OS.